The Morgan fingerprint density at radius 3 is 1.57 bits per heavy atom. The molecule has 0 aliphatic carbocycles. The quantitative estimate of drug-likeness (QED) is 0.458. The van der Waals surface area contributed by atoms with Gasteiger partial charge in [-0.1, -0.05) is 0 Å². The molecule has 0 aromatic carbocycles. The lowest BCUT2D eigenvalue weighted by atomic mass is 10.2. The molecule has 2 fully saturated rings. The maximum atomic E-state index is 12.1. The van der Waals surface area contributed by atoms with Crippen LogP contribution in [0.2, 0.25) is 0 Å². The van der Waals surface area contributed by atoms with Gasteiger partial charge in [0.05, 0.1) is 22.8 Å². The fourth-order valence-electron chi connectivity index (χ4n) is 5.01. The van der Waals surface area contributed by atoms with E-state index in [-0.39, 0.29) is 6.09 Å². The number of hydrogen-bond acceptors (Lipinski definition) is 8. The summed E-state index contributed by atoms with van der Waals surface area (Å²) in [5, 5.41) is 19.6. The van der Waals surface area contributed by atoms with Crippen LogP contribution in [0.15, 0.2) is 12.1 Å². The molecule has 2 saturated heterocycles. The minimum Gasteiger partial charge on any atom is -0.475 e. The first-order chi connectivity index (χ1) is 21.3. The van der Waals surface area contributed by atoms with Crippen LogP contribution in [0.3, 0.4) is 0 Å². The number of piperazine rings is 2. The molecule has 4 rings (SSSR count). The number of carboxylic acids is 1. The van der Waals surface area contributed by atoms with Gasteiger partial charge in [-0.25, -0.2) is 9.59 Å². The highest BCUT2D eigenvalue weighted by atomic mass is 19.4. The van der Waals surface area contributed by atoms with Crippen molar-refractivity contribution in [3.05, 3.63) is 34.9 Å². The van der Waals surface area contributed by atoms with Crippen molar-refractivity contribution in [2.75, 3.05) is 52.4 Å². The van der Waals surface area contributed by atoms with Gasteiger partial charge in [-0.05, 0) is 74.4 Å². The van der Waals surface area contributed by atoms with E-state index >= 15 is 0 Å². The second-order valence-corrected chi connectivity index (χ2v) is 13.2. The van der Waals surface area contributed by atoms with E-state index in [4.69, 9.17) is 14.6 Å². The molecular formula is C31H53F3N8O4. The Balaban J connectivity index is 0.000000276. The highest BCUT2D eigenvalue weighted by Gasteiger charge is 2.38. The van der Waals surface area contributed by atoms with Gasteiger partial charge >= 0.3 is 18.2 Å². The average molecular weight is 659 g/mol. The molecule has 2 N–H and O–H groups in total. The summed E-state index contributed by atoms with van der Waals surface area (Å²) in [6, 6.07) is 5.18. The van der Waals surface area contributed by atoms with Crippen LogP contribution in [0.25, 0.3) is 0 Å². The van der Waals surface area contributed by atoms with Gasteiger partial charge in [0.25, 0.3) is 0 Å². The smallest absolute Gasteiger partial charge is 0.475 e. The molecule has 262 valence electrons. The van der Waals surface area contributed by atoms with Crippen LogP contribution in [-0.4, -0.2) is 116 Å². The van der Waals surface area contributed by atoms with Crippen molar-refractivity contribution in [3.8, 4) is 0 Å². The molecule has 0 saturated carbocycles. The zero-order chi connectivity index (χ0) is 34.8. The molecule has 12 nitrogen and oxygen atoms in total. The van der Waals surface area contributed by atoms with E-state index < -0.39 is 17.7 Å². The number of nitrogens with zero attached hydrogens (tertiary/aromatic N) is 7. The van der Waals surface area contributed by atoms with Gasteiger partial charge < -0.3 is 20.1 Å². The predicted octanol–water partition coefficient (Wildman–Crippen LogP) is 4.64. The van der Waals surface area contributed by atoms with Crippen molar-refractivity contribution >= 4 is 12.1 Å². The first kappa shape index (κ1) is 39.0. The standard InChI is InChI=1S/C17H30N4O2.C12H22N4.C2HF3O2/c1-13(2)21-15(11-14(3)18-21)12-19-7-9-20(10-8-19)16(22)23-17(4,5)6;1-10(2)16-12(8-11(3)14-16)9-15-6-4-13-5-7-15;3-2(4,5)1(6)7/h11,13H,7-10,12H2,1-6H3;8,10,13H,4-7,9H2,1-3H3;(H,6,7). The van der Waals surface area contributed by atoms with Gasteiger partial charge in [0.15, 0.2) is 0 Å². The minimum atomic E-state index is -5.08. The second kappa shape index (κ2) is 17.1. The fourth-order valence-corrected chi connectivity index (χ4v) is 5.01. The zero-order valence-electron chi connectivity index (χ0n) is 28.8. The number of carboxylic acid groups (broad SMARTS) is 1. The minimum absolute atomic E-state index is 0.208. The fraction of sp³-hybridized carbons (Fsp3) is 0.742. The molecule has 2 aromatic rings. The molecule has 0 radical (unpaired) electrons. The number of aliphatic carboxylic acids is 1. The third-order valence-corrected chi connectivity index (χ3v) is 7.10. The molecule has 0 atom stereocenters. The Kier molecular flexibility index (Phi) is 14.5. The van der Waals surface area contributed by atoms with Crippen LogP contribution in [-0.2, 0) is 22.6 Å². The summed E-state index contributed by atoms with van der Waals surface area (Å²) in [7, 11) is 0. The number of halogens is 3. The van der Waals surface area contributed by atoms with Crippen LogP contribution in [0, 0.1) is 13.8 Å². The Bertz CT molecular complexity index is 1240. The summed E-state index contributed by atoms with van der Waals surface area (Å²) in [5.74, 6) is -2.76. The Labute approximate surface area is 270 Å². The summed E-state index contributed by atoms with van der Waals surface area (Å²) in [6.07, 6.45) is -5.29. The number of aromatic nitrogens is 4. The number of rotatable bonds is 6. The third-order valence-electron chi connectivity index (χ3n) is 7.10. The summed E-state index contributed by atoms with van der Waals surface area (Å²) in [6.45, 7) is 28.0. The molecule has 0 spiro atoms. The molecule has 0 unspecified atom stereocenters. The predicted molar refractivity (Wildman–Crippen MR) is 170 cm³/mol. The van der Waals surface area contributed by atoms with Gasteiger partial charge in [0, 0.05) is 77.5 Å². The molecule has 15 heteroatoms. The average Bonchev–Trinajstić information content (AvgIpc) is 3.50. The number of amides is 1. The maximum absolute atomic E-state index is 12.1. The van der Waals surface area contributed by atoms with E-state index in [1.165, 1.54) is 11.4 Å². The number of aryl methyl sites for hydroxylation is 2. The first-order valence-electron chi connectivity index (χ1n) is 15.8. The van der Waals surface area contributed by atoms with Crippen LogP contribution in [0.5, 0.6) is 0 Å². The lowest BCUT2D eigenvalue weighted by Gasteiger charge is -2.35. The van der Waals surface area contributed by atoms with E-state index in [1.807, 2.05) is 27.7 Å². The Morgan fingerprint density at radius 2 is 1.22 bits per heavy atom. The Hall–Kier alpha value is -3.17. The largest absolute Gasteiger partial charge is 0.490 e. The van der Waals surface area contributed by atoms with Gasteiger partial charge in [-0.15, -0.1) is 0 Å². The summed E-state index contributed by atoms with van der Waals surface area (Å²) in [5.41, 5.74) is 4.33. The van der Waals surface area contributed by atoms with Crippen LogP contribution in [0.4, 0.5) is 18.0 Å². The summed E-state index contributed by atoms with van der Waals surface area (Å²) in [4.78, 5) is 27.7. The molecular weight excluding hydrogens is 605 g/mol. The van der Waals surface area contributed by atoms with Crippen molar-refractivity contribution in [2.24, 2.45) is 0 Å². The van der Waals surface area contributed by atoms with Crippen molar-refractivity contribution in [1.82, 2.24) is 39.6 Å². The monoisotopic (exact) mass is 658 g/mol. The summed E-state index contributed by atoms with van der Waals surface area (Å²) >= 11 is 0. The van der Waals surface area contributed by atoms with Crippen molar-refractivity contribution in [1.29, 1.82) is 0 Å². The van der Waals surface area contributed by atoms with Crippen LogP contribution >= 0.6 is 0 Å². The van der Waals surface area contributed by atoms with E-state index in [9.17, 15) is 18.0 Å². The number of alkyl halides is 3. The number of carbonyl (C=O) groups is 2. The van der Waals surface area contributed by atoms with Crippen molar-refractivity contribution in [2.45, 2.75) is 99.3 Å². The molecule has 0 bridgehead atoms. The third kappa shape index (κ3) is 13.3. The SMILES string of the molecule is Cc1cc(CN2CCN(C(=O)OC(C)(C)C)CC2)n(C(C)C)n1.Cc1cc(CN2CCNCC2)n(C(C)C)n1.O=C(O)C(F)(F)F. The maximum Gasteiger partial charge on any atom is 0.490 e. The van der Waals surface area contributed by atoms with Gasteiger partial charge in [-0.3, -0.25) is 19.2 Å². The van der Waals surface area contributed by atoms with Crippen LogP contribution in [0.1, 0.15) is 83.3 Å². The van der Waals surface area contributed by atoms with E-state index in [0.29, 0.717) is 25.2 Å². The molecule has 2 aromatic heterocycles. The number of ether oxygens (including phenoxy) is 1. The van der Waals surface area contributed by atoms with Gasteiger partial charge in [0.1, 0.15) is 5.60 Å². The number of nitrogens with one attached hydrogen (secondary N) is 1. The van der Waals surface area contributed by atoms with E-state index in [1.54, 1.807) is 4.90 Å². The van der Waals surface area contributed by atoms with Crippen molar-refractivity contribution < 1.29 is 32.6 Å². The summed E-state index contributed by atoms with van der Waals surface area (Å²) < 4.78 is 41.4. The molecule has 4 heterocycles. The molecule has 1 amide bonds. The van der Waals surface area contributed by atoms with E-state index in [2.05, 4.69) is 81.4 Å². The lowest BCUT2D eigenvalue weighted by Crippen LogP contribution is -2.49. The normalized spacial score (nSPS) is 16.5. The number of carbonyl (C=O) groups excluding carboxylic acids is 1. The van der Waals surface area contributed by atoms with Gasteiger partial charge in [-0.2, -0.15) is 23.4 Å². The molecule has 2 aliphatic heterocycles. The highest BCUT2D eigenvalue weighted by Crippen LogP contribution is 2.17. The van der Waals surface area contributed by atoms with Crippen molar-refractivity contribution in [3.63, 3.8) is 0 Å². The van der Waals surface area contributed by atoms with Crippen LogP contribution < -0.4 is 5.32 Å². The topological polar surface area (TPSA) is 121 Å². The lowest BCUT2D eigenvalue weighted by molar-refractivity contribution is -0.192. The van der Waals surface area contributed by atoms with E-state index in [0.717, 1.165) is 63.7 Å². The highest BCUT2D eigenvalue weighted by molar-refractivity contribution is 5.73. The zero-order valence-corrected chi connectivity index (χ0v) is 28.8. The molecule has 46 heavy (non-hydrogen) atoms. The Morgan fingerprint density at radius 1 is 0.826 bits per heavy atom. The molecule has 2 aliphatic rings. The second-order valence-electron chi connectivity index (χ2n) is 13.2. The van der Waals surface area contributed by atoms with Gasteiger partial charge in [0.2, 0.25) is 0 Å². The number of hydrogen-bond donors (Lipinski definition) is 2. The first-order valence-corrected chi connectivity index (χ1v) is 15.8.